The quantitative estimate of drug-likeness (QED) is 0.822. The minimum atomic E-state index is -0.445. The molecule has 0 radical (unpaired) electrons. The summed E-state index contributed by atoms with van der Waals surface area (Å²) in [4.78, 5) is 21.0. The topological polar surface area (TPSA) is 54.9 Å². The second kappa shape index (κ2) is 6.39. The van der Waals surface area contributed by atoms with Crippen LogP contribution in [0.4, 0.5) is 10.5 Å². The van der Waals surface area contributed by atoms with Crippen molar-refractivity contribution < 1.29 is 14.3 Å². The summed E-state index contributed by atoms with van der Waals surface area (Å²) in [5.41, 5.74) is 1.83. The van der Waals surface area contributed by atoms with Gasteiger partial charge in [0, 0.05) is 49.0 Å². The standard InChI is InChI=1S/C19H29N3O3/c1-14-10-15(11-16(20-14)24-5)21-8-6-19(12-21)7-9-22(13-19)17(23)25-18(2,3)4/h10-11H,6-9,12-13H2,1-5H3. The average molecular weight is 347 g/mol. The number of aromatic nitrogens is 1. The van der Waals surface area contributed by atoms with Crippen LogP contribution in [-0.4, -0.2) is 54.9 Å². The van der Waals surface area contributed by atoms with Crippen molar-refractivity contribution >= 4 is 11.8 Å². The zero-order valence-electron chi connectivity index (χ0n) is 16.0. The van der Waals surface area contributed by atoms with E-state index in [0.717, 1.165) is 50.4 Å². The van der Waals surface area contributed by atoms with Crippen molar-refractivity contribution in [2.24, 2.45) is 5.41 Å². The van der Waals surface area contributed by atoms with Gasteiger partial charge in [0.05, 0.1) is 7.11 Å². The summed E-state index contributed by atoms with van der Waals surface area (Å²) < 4.78 is 10.8. The third-order valence-corrected chi connectivity index (χ3v) is 5.02. The van der Waals surface area contributed by atoms with Crippen molar-refractivity contribution in [3.05, 3.63) is 17.8 Å². The molecule has 0 bridgehead atoms. The summed E-state index contributed by atoms with van der Waals surface area (Å²) in [5, 5.41) is 0. The Labute approximate surface area is 150 Å². The van der Waals surface area contributed by atoms with E-state index in [1.165, 1.54) is 0 Å². The van der Waals surface area contributed by atoms with Gasteiger partial charge in [-0.05, 0) is 46.6 Å². The fourth-order valence-electron chi connectivity index (χ4n) is 3.81. The van der Waals surface area contributed by atoms with Crippen LogP contribution in [0, 0.1) is 12.3 Å². The van der Waals surface area contributed by atoms with Gasteiger partial charge in [0.1, 0.15) is 5.60 Å². The Kier molecular flexibility index (Phi) is 4.56. The number of pyridine rings is 1. The predicted molar refractivity (Wildman–Crippen MR) is 97.2 cm³/mol. The molecule has 0 saturated carbocycles. The average Bonchev–Trinajstić information content (AvgIpc) is 3.13. The molecular weight excluding hydrogens is 318 g/mol. The Morgan fingerprint density at radius 2 is 1.92 bits per heavy atom. The first kappa shape index (κ1) is 17.8. The van der Waals surface area contributed by atoms with Crippen LogP contribution in [0.1, 0.15) is 39.3 Å². The van der Waals surface area contributed by atoms with Crippen molar-refractivity contribution in [1.29, 1.82) is 0 Å². The van der Waals surface area contributed by atoms with E-state index in [1.54, 1.807) is 7.11 Å². The van der Waals surface area contributed by atoms with Crippen molar-refractivity contribution in [2.45, 2.75) is 46.1 Å². The number of anilines is 1. The van der Waals surface area contributed by atoms with E-state index < -0.39 is 5.60 Å². The molecular formula is C19H29N3O3. The molecule has 1 unspecified atom stereocenters. The van der Waals surface area contributed by atoms with Gasteiger partial charge in [-0.2, -0.15) is 0 Å². The van der Waals surface area contributed by atoms with Crippen LogP contribution < -0.4 is 9.64 Å². The van der Waals surface area contributed by atoms with E-state index in [2.05, 4.69) is 16.0 Å². The molecule has 1 atom stereocenters. The van der Waals surface area contributed by atoms with E-state index >= 15 is 0 Å². The van der Waals surface area contributed by atoms with E-state index in [-0.39, 0.29) is 11.5 Å². The molecule has 6 nitrogen and oxygen atoms in total. The fourth-order valence-corrected chi connectivity index (χ4v) is 3.81. The van der Waals surface area contributed by atoms with Crippen LogP contribution >= 0.6 is 0 Å². The lowest BCUT2D eigenvalue weighted by Crippen LogP contribution is -2.37. The van der Waals surface area contributed by atoms with Crippen LogP contribution in [0.3, 0.4) is 0 Å². The Balaban J connectivity index is 1.67. The number of methoxy groups -OCH3 is 1. The van der Waals surface area contributed by atoms with Gasteiger partial charge in [0.15, 0.2) is 0 Å². The molecule has 2 aliphatic rings. The Morgan fingerprint density at radius 1 is 1.20 bits per heavy atom. The molecule has 1 aromatic rings. The van der Waals surface area contributed by atoms with Gasteiger partial charge in [-0.3, -0.25) is 0 Å². The summed E-state index contributed by atoms with van der Waals surface area (Å²) in [6.07, 6.45) is 1.93. The predicted octanol–water partition coefficient (Wildman–Crippen LogP) is 3.24. The number of carbonyl (C=O) groups is 1. The molecule has 2 fully saturated rings. The second-order valence-electron chi connectivity index (χ2n) is 8.33. The molecule has 0 aromatic carbocycles. The van der Waals surface area contributed by atoms with Gasteiger partial charge in [-0.15, -0.1) is 0 Å². The number of likely N-dealkylation sites (tertiary alicyclic amines) is 1. The number of aryl methyl sites for hydroxylation is 1. The van der Waals surface area contributed by atoms with Gasteiger partial charge in [-0.1, -0.05) is 0 Å². The Morgan fingerprint density at radius 3 is 2.60 bits per heavy atom. The van der Waals surface area contributed by atoms with Crippen molar-refractivity contribution in [3.8, 4) is 5.88 Å². The summed E-state index contributed by atoms with van der Waals surface area (Å²) in [5.74, 6) is 0.651. The van der Waals surface area contributed by atoms with Gasteiger partial charge in [0.25, 0.3) is 0 Å². The molecule has 1 amide bonds. The maximum atomic E-state index is 12.3. The highest BCUT2D eigenvalue weighted by atomic mass is 16.6. The van der Waals surface area contributed by atoms with Crippen LogP contribution in [-0.2, 0) is 4.74 Å². The van der Waals surface area contributed by atoms with Crippen LogP contribution in [0.5, 0.6) is 5.88 Å². The van der Waals surface area contributed by atoms with Crippen molar-refractivity contribution in [1.82, 2.24) is 9.88 Å². The maximum absolute atomic E-state index is 12.3. The van der Waals surface area contributed by atoms with Crippen LogP contribution in [0.25, 0.3) is 0 Å². The van der Waals surface area contributed by atoms with E-state index in [9.17, 15) is 4.79 Å². The first-order valence-corrected chi connectivity index (χ1v) is 8.95. The molecule has 6 heteroatoms. The lowest BCUT2D eigenvalue weighted by molar-refractivity contribution is 0.0276. The number of nitrogens with zero attached hydrogens (tertiary/aromatic N) is 3. The maximum Gasteiger partial charge on any atom is 0.410 e. The molecule has 0 aliphatic carbocycles. The highest BCUT2D eigenvalue weighted by Gasteiger charge is 2.45. The fraction of sp³-hybridized carbons (Fsp3) is 0.684. The highest BCUT2D eigenvalue weighted by Crippen LogP contribution is 2.41. The molecule has 0 N–H and O–H groups in total. The Hall–Kier alpha value is -1.98. The smallest absolute Gasteiger partial charge is 0.410 e. The van der Waals surface area contributed by atoms with Crippen LogP contribution in [0.2, 0.25) is 0 Å². The lowest BCUT2D eigenvalue weighted by atomic mass is 9.86. The van der Waals surface area contributed by atoms with Crippen LogP contribution in [0.15, 0.2) is 12.1 Å². The summed E-state index contributed by atoms with van der Waals surface area (Å²) in [7, 11) is 1.65. The van der Waals surface area contributed by atoms with Gasteiger partial charge >= 0.3 is 6.09 Å². The molecule has 3 heterocycles. The summed E-state index contributed by atoms with van der Waals surface area (Å²) in [6.45, 7) is 11.2. The van der Waals surface area contributed by atoms with E-state index in [0.29, 0.717) is 5.88 Å². The lowest BCUT2D eigenvalue weighted by Gasteiger charge is -2.27. The van der Waals surface area contributed by atoms with Gasteiger partial charge in [0.2, 0.25) is 5.88 Å². The largest absolute Gasteiger partial charge is 0.481 e. The third-order valence-electron chi connectivity index (χ3n) is 5.02. The highest BCUT2D eigenvalue weighted by molar-refractivity contribution is 5.68. The third kappa shape index (κ3) is 3.99. The SMILES string of the molecule is COc1cc(N2CCC3(CCN(C(=O)OC(C)(C)C)C3)C2)cc(C)n1. The first-order valence-electron chi connectivity index (χ1n) is 8.95. The number of hydrogen-bond acceptors (Lipinski definition) is 5. The first-order chi connectivity index (χ1) is 11.7. The molecule has 2 saturated heterocycles. The molecule has 138 valence electrons. The van der Waals surface area contributed by atoms with Crippen molar-refractivity contribution in [3.63, 3.8) is 0 Å². The minimum Gasteiger partial charge on any atom is -0.481 e. The monoisotopic (exact) mass is 347 g/mol. The molecule has 25 heavy (non-hydrogen) atoms. The normalized spacial score (nSPS) is 23.4. The number of carbonyl (C=O) groups excluding carboxylic acids is 1. The number of rotatable bonds is 2. The summed E-state index contributed by atoms with van der Waals surface area (Å²) >= 11 is 0. The van der Waals surface area contributed by atoms with E-state index in [1.807, 2.05) is 38.7 Å². The van der Waals surface area contributed by atoms with Gasteiger partial charge in [-0.25, -0.2) is 9.78 Å². The second-order valence-corrected chi connectivity index (χ2v) is 8.33. The minimum absolute atomic E-state index is 0.168. The molecule has 1 aromatic heterocycles. The van der Waals surface area contributed by atoms with Crippen molar-refractivity contribution in [2.75, 3.05) is 38.2 Å². The number of hydrogen-bond donors (Lipinski definition) is 0. The molecule has 1 spiro atoms. The zero-order chi connectivity index (χ0) is 18.2. The molecule has 3 rings (SSSR count). The van der Waals surface area contributed by atoms with Gasteiger partial charge < -0.3 is 19.3 Å². The van der Waals surface area contributed by atoms with E-state index in [4.69, 9.17) is 9.47 Å². The number of amides is 1. The molecule has 2 aliphatic heterocycles. The number of ether oxygens (including phenoxy) is 2. The summed E-state index contributed by atoms with van der Waals surface area (Å²) in [6, 6.07) is 4.09. The Bertz CT molecular complexity index is 656. The zero-order valence-corrected chi connectivity index (χ0v) is 16.0.